The Morgan fingerprint density at radius 1 is 1.23 bits per heavy atom. The van der Waals surface area contributed by atoms with Gasteiger partial charge in [0.2, 0.25) is 0 Å². The van der Waals surface area contributed by atoms with Gasteiger partial charge in [-0.05, 0) is 31.0 Å². The second-order valence-electron chi connectivity index (χ2n) is 5.63. The van der Waals surface area contributed by atoms with Gasteiger partial charge in [-0.3, -0.25) is 0 Å². The summed E-state index contributed by atoms with van der Waals surface area (Å²) in [7, 11) is -1.58. The lowest BCUT2D eigenvalue weighted by atomic mass is 9.93. The van der Waals surface area contributed by atoms with Gasteiger partial charge in [-0.15, -0.1) is 0 Å². The Hall–Kier alpha value is 0.137. The Bertz CT molecular complexity index is 178. The second-order valence-corrected chi connectivity index (χ2v) is 10.4. The third kappa shape index (κ3) is 2.54. The van der Waals surface area contributed by atoms with Gasteiger partial charge < -0.3 is 9.53 Å². The van der Waals surface area contributed by atoms with Gasteiger partial charge in [0.25, 0.3) is 0 Å². The summed E-state index contributed by atoms with van der Waals surface area (Å²) in [4.78, 5) is 0. The maximum Gasteiger partial charge on any atom is 0.192 e. The van der Waals surface area contributed by atoms with Crippen LogP contribution in [0.25, 0.3) is 0 Å². The van der Waals surface area contributed by atoms with E-state index in [1.807, 2.05) is 0 Å². The van der Waals surface area contributed by atoms with Crippen molar-refractivity contribution in [3.8, 4) is 0 Å². The monoisotopic (exact) mass is 202 g/mol. The molecule has 1 fully saturated rings. The van der Waals surface area contributed by atoms with E-state index < -0.39 is 8.32 Å². The van der Waals surface area contributed by atoms with E-state index in [1.54, 1.807) is 0 Å². The average molecular weight is 202 g/mol. The van der Waals surface area contributed by atoms with Crippen molar-refractivity contribution in [2.45, 2.75) is 64.0 Å². The van der Waals surface area contributed by atoms with Gasteiger partial charge in [0.1, 0.15) is 0 Å². The molecule has 0 saturated heterocycles. The van der Waals surface area contributed by atoms with Gasteiger partial charge >= 0.3 is 0 Å². The molecule has 0 bridgehead atoms. The van der Waals surface area contributed by atoms with E-state index in [2.05, 4.69) is 33.9 Å². The van der Waals surface area contributed by atoms with Crippen LogP contribution in [0.2, 0.25) is 18.1 Å². The Morgan fingerprint density at radius 2 is 1.69 bits per heavy atom. The predicted molar refractivity (Wildman–Crippen MR) is 57.3 cm³/mol. The zero-order valence-electron chi connectivity index (χ0n) is 9.42. The second kappa shape index (κ2) is 3.37. The molecule has 0 spiro atoms. The van der Waals surface area contributed by atoms with Crippen LogP contribution in [0.15, 0.2) is 0 Å². The van der Waals surface area contributed by atoms with E-state index in [4.69, 9.17) is 9.53 Å². The molecule has 78 valence electrons. The summed E-state index contributed by atoms with van der Waals surface area (Å²) in [6, 6.07) is 0. The van der Waals surface area contributed by atoms with Gasteiger partial charge in [-0.25, -0.2) is 0 Å². The third-order valence-electron chi connectivity index (χ3n) is 3.34. The fourth-order valence-electron chi connectivity index (χ4n) is 1.23. The minimum atomic E-state index is -1.58. The molecule has 1 rings (SSSR count). The van der Waals surface area contributed by atoms with Crippen molar-refractivity contribution >= 4 is 8.32 Å². The molecule has 0 aromatic rings. The summed E-state index contributed by atoms with van der Waals surface area (Å²) >= 11 is 0. The van der Waals surface area contributed by atoms with Gasteiger partial charge in [0.05, 0.1) is 6.10 Å². The smallest absolute Gasteiger partial charge is 0.192 e. The molecule has 13 heavy (non-hydrogen) atoms. The normalized spacial score (nSPS) is 30.0. The van der Waals surface area contributed by atoms with E-state index in [1.165, 1.54) is 0 Å². The molecule has 0 aromatic carbocycles. The first-order valence-electron chi connectivity index (χ1n) is 5.08. The summed E-state index contributed by atoms with van der Waals surface area (Å²) in [5.74, 6) is 0. The van der Waals surface area contributed by atoms with E-state index in [0.717, 1.165) is 12.8 Å². The van der Waals surface area contributed by atoms with Crippen LogP contribution in [-0.4, -0.2) is 25.6 Å². The summed E-state index contributed by atoms with van der Waals surface area (Å²) in [6.07, 6.45) is 1.91. The topological polar surface area (TPSA) is 29.5 Å². The third-order valence-corrected chi connectivity index (χ3v) is 7.87. The van der Waals surface area contributed by atoms with Crippen LogP contribution in [0.4, 0.5) is 0 Å². The summed E-state index contributed by atoms with van der Waals surface area (Å²) in [5, 5.41) is 9.44. The minimum absolute atomic E-state index is 0.102. The number of hydrogen-bond donors (Lipinski definition) is 1. The number of hydrogen-bond acceptors (Lipinski definition) is 2. The van der Waals surface area contributed by atoms with Crippen molar-refractivity contribution in [1.82, 2.24) is 0 Å². The SMILES string of the molecule is CC(C)(C)[Si](C)(C)O[C@H]1C[C@@H](O)C1. The van der Waals surface area contributed by atoms with Crippen LogP contribution in [0.3, 0.4) is 0 Å². The lowest BCUT2D eigenvalue weighted by molar-refractivity contribution is -0.0177. The van der Waals surface area contributed by atoms with Crippen LogP contribution in [0.5, 0.6) is 0 Å². The largest absolute Gasteiger partial charge is 0.414 e. The van der Waals surface area contributed by atoms with Gasteiger partial charge in [-0.2, -0.15) is 0 Å². The van der Waals surface area contributed by atoms with Crippen molar-refractivity contribution in [2.75, 3.05) is 0 Å². The highest BCUT2D eigenvalue weighted by atomic mass is 28.4. The predicted octanol–water partition coefficient (Wildman–Crippen LogP) is 2.53. The van der Waals surface area contributed by atoms with Crippen LogP contribution >= 0.6 is 0 Å². The molecule has 0 aromatic heterocycles. The molecule has 0 amide bonds. The number of aliphatic hydroxyl groups excluding tert-OH is 1. The summed E-state index contributed by atoms with van der Waals surface area (Å²) < 4.78 is 6.09. The standard InChI is InChI=1S/C10H22O2Si/c1-10(2,3)13(4,5)12-9-6-8(11)7-9/h8-9,11H,6-7H2,1-5H3/t8-,9+. The molecule has 3 heteroatoms. The van der Waals surface area contributed by atoms with E-state index >= 15 is 0 Å². The molecule has 1 N–H and O–H groups in total. The Kier molecular flexibility index (Phi) is 2.91. The molecule has 0 aliphatic heterocycles. The molecule has 0 heterocycles. The fourth-order valence-corrected chi connectivity index (χ4v) is 2.61. The van der Waals surface area contributed by atoms with Crippen LogP contribution in [0, 0.1) is 0 Å². The Labute approximate surface area is 82.4 Å². The van der Waals surface area contributed by atoms with E-state index in [0.29, 0.717) is 6.10 Å². The van der Waals surface area contributed by atoms with Crippen LogP contribution in [0.1, 0.15) is 33.6 Å². The minimum Gasteiger partial charge on any atom is -0.414 e. The molecule has 1 saturated carbocycles. The van der Waals surface area contributed by atoms with E-state index in [-0.39, 0.29) is 11.1 Å². The molecule has 1 aliphatic rings. The maximum atomic E-state index is 9.15. The first-order chi connectivity index (χ1) is 5.72. The number of rotatable bonds is 2. The summed E-state index contributed by atoms with van der Waals surface area (Å²) in [6.45, 7) is 11.3. The highest BCUT2D eigenvalue weighted by molar-refractivity contribution is 6.74. The van der Waals surface area contributed by atoms with Crippen molar-refractivity contribution in [3.05, 3.63) is 0 Å². The molecular formula is C10H22O2Si. The molecule has 0 radical (unpaired) electrons. The zero-order valence-corrected chi connectivity index (χ0v) is 10.4. The van der Waals surface area contributed by atoms with Crippen molar-refractivity contribution < 1.29 is 9.53 Å². The average Bonchev–Trinajstić information content (AvgIpc) is 1.80. The molecule has 1 aliphatic carbocycles. The van der Waals surface area contributed by atoms with Gasteiger partial charge in [-0.1, -0.05) is 20.8 Å². The Morgan fingerprint density at radius 3 is 2.00 bits per heavy atom. The first-order valence-corrected chi connectivity index (χ1v) is 7.99. The fraction of sp³-hybridized carbons (Fsp3) is 1.00. The quantitative estimate of drug-likeness (QED) is 0.697. The highest BCUT2D eigenvalue weighted by Crippen LogP contribution is 2.39. The molecule has 2 nitrogen and oxygen atoms in total. The van der Waals surface area contributed by atoms with Crippen LogP contribution in [-0.2, 0) is 4.43 Å². The highest BCUT2D eigenvalue weighted by Gasteiger charge is 2.41. The molecular weight excluding hydrogens is 180 g/mol. The lowest BCUT2D eigenvalue weighted by Crippen LogP contribution is -2.48. The van der Waals surface area contributed by atoms with Crippen molar-refractivity contribution in [2.24, 2.45) is 0 Å². The van der Waals surface area contributed by atoms with Gasteiger partial charge in [0, 0.05) is 6.10 Å². The zero-order chi connectivity index (χ0) is 10.3. The van der Waals surface area contributed by atoms with Crippen LogP contribution < -0.4 is 0 Å². The van der Waals surface area contributed by atoms with Crippen molar-refractivity contribution in [3.63, 3.8) is 0 Å². The van der Waals surface area contributed by atoms with E-state index in [9.17, 15) is 0 Å². The summed E-state index contributed by atoms with van der Waals surface area (Å²) in [5.41, 5.74) is 0. The lowest BCUT2D eigenvalue weighted by Gasteiger charge is -2.43. The maximum absolute atomic E-state index is 9.15. The first kappa shape index (κ1) is 11.2. The molecule has 0 atom stereocenters. The van der Waals surface area contributed by atoms with Gasteiger partial charge in [0.15, 0.2) is 8.32 Å². The Balaban J connectivity index is 2.43. The number of aliphatic hydroxyl groups is 1. The molecule has 0 unspecified atom stereocenters. The van der Waals surface area contributed by atoms with Crippen molar-refractivity contribution in [1.29, 1.82) is 0 Å².